The Bertz CT molecular complexity index is 913. The molecule has 0 fully saturated rings. The number of rotatable bonds is 9. The molecule has 2 aromatic rings. The molecular weight excluding hydrogens is 459 g/mol. The molecule has 1 aromatic heterocycles. The first-order valence-corrected chi connectivity index (χ1v) is 10.8. The topological polar surface area (TPSA) is 108 Å². The molecule has 0 saturated heterocycles. The van der Waals surface area contributed by atoms with E-state index >= 15 is 0 Å². The molecule has 7 nitrogen and oxygen atoms in total. The number of hydrogen-bond acceptors (Lipinski definition) is 7. The van der Waals surface area contributed by atoms with Gasteiger partial charge in [0.2, 0.25) is 5.91 Å². The zero-order valence-corrected chi connectivity index (χ0v) is 18.7. The summed E-state index contributed by atoms with van der Waals surface area (Å²) in [5.41, 5.74) is 5.81. The van der Waals surface area contributed by atoms with Gasteiger partial charge in [0.05, 0.1) is 32.8 Å². The van der Waals surface area contributed by atoms with Crippen LogP contribution in [-0.2, 0) is 14.3 Å². The summed E-state index contributed by atoms with van der Waals surface area (Å²) >= 11 is 14.3. The Hall–Kier alpha value is -1.78. The summed E-state index contributed by atoms with van der Waals surface area (Å²) in [5.74, 6) is -1.80. The number of thioether (sulfide) groups is 1. The maximum absolute atomic E-state index is 12.4. The van der Waals surface area contributed by atoms with Crippen molar-refractivity contribution in [1.82, 2.24) is 0 Å². The van der Waals surface area contributed by atoms with Crippen LogP contribution in [0.25, 0.3) is 0 Å². The fraction of sp³-hybridized carbons (Fsp3) is 0.278. The number of thiophene rings is 1. The third-order valence-corrected chi connectivity index (χ3v) is 6.83. The smallest absolute Gasteiger partial charge is 0.341 e. The van der Waals surface area contributed by atoms with Crippen molar-refractivity contribution >= 4 is 69.1 Å². The van der Waals surface area contributed by atoms with Crippen LogP contribution in [0.15, 0.2) is 23.1 Å². The van der Waals surface area contributed by atoms with E-state index in [0.29, 0.717) is 20.5 Å². The quantitative estimate of drug-likeness (QED) is 0.321. The number of primary amides is 1. The second-order valence-corrected chi connectivity index (χ2v) is 8.46. The van der Waals surface area contributed by atoms with Crippen LogP contribution in [-0.4, -0.2) is 43.9 Å². The highest BCUT2D eigenvalue weighted by Gasteiger charge is 2.26. The zero-order valence-electron chi connectivity index (χ0n) is 15.5. The van der Waals surface area contributed by atoms with Gasteiger partial charge >= 0.3 is 5.97 Å². The monoisotopic (exact) mass is 476 g/mol. The van der Waals surface area contributed by atoms with E-state index in [4.69, 9.17) is 38.4 Å². The number of esters is 1. The zero-order chi connectivity index (χ0) is 21.6. The Morgan fingerprint density at radius 2 is 1.86 bits per heavy atom. The summed E-state index contributed by atoms with van der Waals surface area (Å²) in [4.78, 5) is 37.3. The lowest BCUT2D eigenvalue weighted by Crippen LogP contribution is -2.17. The molecule has 11 heteroatoms. The van der Waals surface area contributed by atoms with E-state index in [9.17, 15) is 14.4 Å². The summed E-state index contributed by atoms with van der Waals surface area (Å²) < 4.78 is 9.97. The van der Waals surface area contributed by atoms with Gasteiger partial charge in [0.15, 0.2) is 0 Å². The van der Waals surface area contributed by atoms with E-state index in [1.165, 1.54) is 7.11 Å². The van der Waals surface area contributed by atoms with Crippen molar-refractivity contribution in [1.29, 1.82) is 0 Å². The number of nitrogens with one attached hydrogen (secondary N) is 1. The van der Waals surface area contributed by atoms with Crippen molar-refractivity contribution in [3.8, 4) is 0 Å². The molecule has 0 saturated carbocycles. The van der Waals surface area contributed by atoms with Crippen molar-refractivity contribution in [2.45, 2.75) is 11.8 Å². The van der Waals surface area contributed by atoms with Crippen molar-refractivity contribution in [3.63, 3.8) is 0 Å². The summed E-state index contributed by atoms with van der Waals surface area (Å²) in [6.45, 7) is 1.82. The van der Waals surface area contributed by atoms with Gasteiger partial charge in [-0.05, 0) is 24.6 Å². The Labute approximate surface area is 185 Å². The van der Waals surface area contributed by atoms with Gasteiger partial charge in [-0.2, -0.15) is 0 Å². The molecule has 2 rings (SSSR count). The molecule has 1 heterocycles. The summed E-state index contributed by atoms with van der Waals surface area (Å²) in [5, 5.41) is 3.69. The van der Waals surface area contributed by atoms with Gasteiger partial charge in [0, 0.05) is 12.0 Å². The Morgan fingerprint density at radius 3 is 2.45 bits per heavy atom. The number of halogens is 2. The maximum Gasteiger partial charge on any atom is 0.341 e. The maximum atomic E-state index is 12.4. The first-order valence-electron chi connectivity index (χ1n) is 8.22. The average molecular weight is 477 g/mol. The Kier molecular flexibility index (Phi) is 8.79. The first kappa shape index (κ1) is 23.5. The standard InChI is InChI=1S/C18H18Cl2N2O5S2/c1-9-13(18(25)27-7-6-26-2)17(29-14(9)16(21)24)22-12(23)8-28-15-10(19)4-3-5-11(15)20/h3-5H,6-8H2,1-2H3,(H2,21,24)(H,22,23). The van der Waals surface area contributed by atoms with Crippen LogP contribution in [0.1, 0.15) is 25.6 Å². The lowest BCUT2D eigenvalue weighted by Gasteiger charge is -2.09. The molecule has 2 amide bonds. The van der Waals surface area contributed by atoms with Crippen LogP contribution in [0.5, 0.6) is 0 Å². The van der Waals surface area contributed by atoms with Gasteiger partial charge in [0.1, 0.15) is 11.6 Å². The van der Waals surface area contributed by atoms with Crippen molar-refractivity contribution < 1.29 is 23.9 Å². The van der Waals surface area contributed by atoms with Crippen LogP contribution in [0.4, 0.5) is 5.00 Å². The number of carbonyl (C=O) groups is 3. The predicted octanol–water partition coefficient (Wildman–Crippen LogP) is 4.00. The molecule has 0 spiro atoms. The molecule has 0 atom stereocenters. The largest absolute Gasteiger partial charge is 0.460 e. The van der Waals surface area contributed by atoms with Gasteiger partial charge in [-0.1, -0.05) is 29.3 Å². The van der Waals surface area contributed by atoms with E-state index in [0.717, 1.165) is 23.1 Å². The van der Waals surface area contributed by atoms with Gasteiger partial charge in [-0.15, -0.1) is 23.1 Å². The second-order valence-electron chi connectivity index (χ2n) is 5.64. The van der Waals surface area contributed by atoms with Crippen LogP contribution in [0.2, 0.25) is 10.0 Å². The third kappa shape index (κ3) is 6.10. The normalized spacial score (nSPS) is 10.6. The van der Waals surface area contributed by atoms with Crippen molar-refractivity contribution in [2.75, 3.05) is 31.4 Å². The van der Waals surface area contributed by atoms with Gasteiger partial charge < -0.3 is 20.5 Å². The Morgan fingerprint density at radius 1 is 1.21 bits per heavy atom. The number of ether oxygens (including phenoxy) is 2. The Balaban J connectivity index is 2.17. The molecule has 0 aliphatic carbocycles. The molecule has 29 heavy (non-hydrogen) atoms. The predicted molar refractivity (Wildman–Crippen MR) is 116 cm³/mol. The SMILES string of the molecule is COCCOC(=O)c1c(NC(=O)CSc2c(Cl)cccc2Cl)sc(C(N)=O)c1C. The van der Waals surface area contributed by atoms with Gasteiger partial charge in [0.25, 0.3) is 5.91 Å². The molecule has 0 aliphatic rings. The molecule has 3 N–H and O–H groups in total. The molecule has 0 radical (unpaired) electrons. The summed E-state index contributed by atoms with van der Waals surface area (Å²) in [6, 6.07) is 5.04. The molecule has 0 unspecified atom stereocenters. The van der Waals surface area contributed by atoms with Crippen LogP contribution < -0.4 is 11.1 Å². The van der Waals surface area contributed by atoms with E-state index < -0.39 is 17.8 Å². The number of amides is 2. The van der Waals surface area contributed by atoms with E-state index in [-0.39, 0.29) is 34.4 Å². The second kappa shape index (κ2) is 10.8. The lowest BCUT2D eigenvalue weighted by atomic mass is 10.1. The highest BCUT2D eigenvalue weighted by molar-refractivity contribution is 8.00. The number of methoxy groups -OCH3 is 1. The number of benzene rings is 1. The summed E-state index contributed by atoms with van der Waals surface area (Å²) in [6.07, 6.45) is 0. The minimum atomic E-state index is -0.698. The highest BCUT2D eigenvalue weighted by atomic mass is 35.5. The van der Waals surface area contributed by atoms with E-state index in [1.807, 2.05) is 0 Å². The fourth-order valence-electron chi connectivity index (χ4n) is 2.29. The molecule has 1 aromatic carbocycles. The van der Waals surface area contributed by atoms with E-state index in [2.05, 4.69) is 5.32 Å². The molecular formula is C18H18Cl2N2O5S2. The summed E-state index contributed by atoms with van der Waals surface area (Å²) in [7, 11) is 1.48. The first-order chi connectivity index (χ1) is 13.8. The number of hydrogen-bond donors (Lipinski definition) is 2. The van der Waals surface area contributed by atoms with Crippen LogP contribution >= 0.6 is 46.3 Å². The molecule has 0 aliphatic heterocycles. The minimum Gasteiger partial charge on any atom is -0.460 e. The lowest BCUT2D eigenvalue weighted by molar-refractivity contribution is -0.113. The fourth-order valence-corrected chi connectivity index (χ4v) is 4.84. The van der Waals surface area contributed by atoms with Gasteiger partial charge in [-0.3, -0.25) is 9.59 Å². The molecule has 0 bridgehead atoms. The molecule has 156 valence electrons. The van der Waals surface area contributed by atoms with Crippen molar-refractivity contribution in [2.24, 2.45) is 5.73 Å². The number of carbonyl (C=O) groups excluding carboxylic acids is 3. The van der Waals surface area contributed by atoms with Gasteiger partial charge in [-0.25, -0.2) is 4.79 Å². The minimum absolute atomic E-state index is 0.00946. The van der Waals surface area contributed by atoms with Crippen LogP contribution in [0.3, 0.4) is 0 Å². The van der Waals surface area contributed by atoms with E-state index in [1.54, 1.807) is 25.1 Å². The third-order valence-electron chi connectivity index (χ3n) is 3.61. The highest BCUT2D eigenvalue weighted by Crippen LogP contribution is 2.36. The van der Waals surface area contributed by atoms with Crippen molar-refractivity contribution in [3.05, 3.63) is 44.2 Å². The van der Waals surface area contributed by atoms with Crippen LogP contribution in [0, 0.1) is 6.92 Å². The number of anilines is 1. The average Bonchev–Trinajstić information content (AvgIpc) is 2.97. The number of nitrogens with two attached hydrogens (primary N) is 1.